The minimum atomic E-state index is 0.250. The molecule has 0 aliphatic carbocycles. The number of thiophene rings is 1. The Labute approximate surface area is 93.7 Å². The molecule has 0 bridgehead atoms. The molecule has 2 heterocycles. The van der Waals surface area contributed by atoms with Crippen molar-refractivity contribution in [2.45, 2.75) is 26.0 Å². The SMILES string of the molecule is CC1OCCN(c2ccc(C=O)s2)C1C. The zero-order valence-electron chi connectivity index (χ0n) is 8.97. The number of hydrogen-bond acceptors (Lipinski definition) is 4. The monoisotopic (exact) mass is 225 g/mol. The van der Waals surface area contributed by atoms with E-state index in [1.807, 2.05) is 12.1 Å². The van der Waals surface area contributed by atoms with Crippen LogP contribution in [0.15, 0.2) is 12.1 Å². The van der Waals surface area contributed by atoms with Gasteiger partial charge in [0.1, 0.15) is 0 Å². The summed E-state index contributed by atoms with van der Waals surface area (Å²) in [6, 6.07) is 4.26. The maximum absolute atomic E-state index is 10.6. The highest BCUT2D eigenvalue weighted by molar-refractivity contribution is 7.17. The Bertz CT molecular complexity index is 350. The summed E-state index contributed by atoms with van der Waals surface area (Å²) < 4.78 is 5.57. The highest BCUT2D eigenvalue weighted by Gasteiger charge is 2.26. The molecule has 1 aromatic heterocycles. The van der Waals surface area contributed by atoms with Gasteiger partial charge in [-0.3, -0.25) is 4.79 Å². The van der Waals surface area contributed by atoms with Crippen molar-refractivity contribution < 1.29 is 9.53 Å². The van der Waals surface area contributed by atoms with Crippen LogP contribution in [0.25, 0.3) is 0 Å². The lowest BCUT2D eigenvalue weighted by molar-refractivity contribution is 0.0287. The van der Waals surface area contributed by atoms with Crippen molar-refractivity contribution in [3.63, 3.8) is 0 Å². The second-order valence-electron chi connectivity index (χ2n) is 3.80. The zero-order valence-corrected chi connectivity index (χ0v) is 9.79. The van der Waals surface area contributed by atoms with Gasteiger partial charge in [0, 0.05) is 6.54 Å². The van der Waals surface area contributed by atoms with Crippen molar-refractivity contribution in [1.29, 1.82) is 0 Å². The molecule has 2 rings (SSSR count). The fraction of sp³-hybridized carbons (Fsp3) is 0.545. The summed E-state index contributed by atoms with van der Waals surface area (Å²) in [6.07, 6.45) is 1.16. The molecule has 82 valence electrons. The third-order valence-electron chi connectivity index (χ3n) is 2.90. The lowest BCUT2D eigenvalue weighted by atomic mass is 10.1. The van der Waals surface area contributed by atoms with E-state index in [-0.39, 0.29) is 6.10 Å². The van der Waals surface area contributed by atoms with Crippen molar-refractivity contribution in [3.05, 3.63) is 17.0 Å². The normalized spacial score (nSPS) is 26.7. The summed E-state index contributed by atoms with van der Waals surface area (Å²) in [7, 11) is 0. The van der Waals surface area contributed by atoms with Crippen LogP contribution in [0, 0.1) is 0 Å². The molecule has 1 aliphatic heterocycles. The van der Waals surface area contributed by atoms with Crippen LogP contribution in [-0.4, -0.2) is 31.6 Å². The standard InChI is InChI=1S/C11H15NO2S/c1-8-9(2)14-6-5-12(8)11-4-3-10(7-13)15-11/h3-4,7-9H,5-6H2,1-2H3. The van der Waals surface area contributed by atoms with Crippen LogP contribution < -0.4 is 4.90 Å². The largest absolute Gasteiger partial charge is 0.375 e. The van der Waals surface area contributed by atoms with Crippen LogP contribution >= 0.6 is 11.3 Å². The van der Waals surface area contributed by atoms with Crippen molar-refractivity contribution in [3.8, 4) is 0 Å². The molecule has 0 spiro atoms. The average molecular weight is 225 g/mol. The van der Waals surface area contributed by atoms with Gasteiger partial charge in [0.15, 0.2) is 6.29 Å². The molecule has 4 heteroatoms. The predicted octanol–water partition coefficient (Wildman–Crippen LogP) is 2.17. The molecule has 1 saturated heterocycles. The molecule has 0 saturated carbocycles. The first-order valence-electron chi connectivity index (χ1n) is 5.15. The molecular weight excluding hydrogens is 210 g/mol. The second kappa shape index (κ2) is 4.33. The summed E-state index contributed by atoms with van der Waals surface area (Å²) in [5, 5.41) is 1.17. The Kier molecular flexibility index (Phi) is 3.07. The number of hydrogen-bond donors (Lipinski definition) is 0. The van der Waals surface area contributed by atoms with E-state index >= 15 is 0 Å². The van der Waals surface area contributed by atoms with Gasteiger partial charge in [0.2, 0.25) is 0 Å². The van der Waals surface area contributed by atoms with E-state index < -0.39 is 0 Å². The first-order valence-corrected chi connectivity index (χ1v) is 5.97. The zero-order chi connectivity index (χ0) is 10.8. The molecule has 2 unspecified atom stereocenters. The lowest BCUT2D eigenvalue weighted by Crippen LogP contribution is -2.48. The predicted molar refractivity (Wildman–Crippen MR) is 61.9 cm³/mol. The van der Waals surface area contributed by atoms with Gasteiger partial charge in [0.25, 0.3) is 0 Å². The van der Waals surface area contributed by atoms with E-state index in [4.69, 9.17) is 4.74 Å². The van der Waals surface area contributed by atoms with Gasteiger partial charge in [0.05, 0.1) is 28.6 Å². The van der Waals surface area contributed by atoms with Crippen molar-refractivity contribution in [2.75, 3.05) is 18.1 Å². The van der Waals surface area contributed by atoms with Crippen LogP contribution in [-0.2, 0) is 4.74 Å². The van der Waals surface area contributed by atoms with Crippen LogP contribution in [0.2, 0.25) is 0 Å². The number of aldehydes is 1. The molecule has 1 aliphatic rings. The first-order chi connectivity index (χ1) is 7.22. The van der Waals surface area contributed by atoms with Gasteiger partial charge in [-0.15, -0.1) is 11.3 Å². The Hall–Kier alpha value is -0.870. The van der Waals surface area contributed by atoms with E-state index in [0.717, 1.165) is 24.3 Å². The second-order valence-corrected chi connectivity index (χ2v) is 4.90. The molecule has 0 aromatic carbocycles. The molecule has 15 heavy (non-hydrogen) atoms. The third-order valence-corrected chi connectivity index (χ3v) is 3.94. The number of carbonyl (C=O) groups excluding carboxylic acids is 1. The maximum Gasteiger partial charge on any atom is 0.160 e. The van der Waals surface area contributed by atoms with Gasteiger partial charge in [-0.25, -0.2) is 0 Å². The Morgan fingerprint density at radius 1 is 1.53 bits per heavy atom. The van der Waals surface area contributed by atoms with Gasteiger partial charge >= 0.3 is 0 Å². The topological polar surface area (TPSA) is 29.5 Å². The number of morpholine rings is 1. The van der Waals surface area contributed by atoms with Crippen molar-refractivity contribution >= 4 is 22.6 Å². The highest BCUT2D eigenvalue weighted by Crippen LogP contribution is 2.29. The van der Waals surface area contributed by atoms with E-state index in [0.29, 0.717) is 6.04 Å². The number of rotatable bonds is 2. The molecule has 0 amide bonds. The van der Waals surface area contributed by atoms with Gasteiger partial charge < -0.3 is 9.64 Å². The molecule has 0 N–H and O–H groups in total. The average Bonchev–Trinajstić information content (AvgIpc) is 2.70. The number of carbonyl (C=O) groups is 1. The molecule has 1 aromatic rings. The van der Waals surface area contributed by atoms with E-state index in [1.54, 1.807) is 11.3 Å². The van der Waals surface area contributed by atoms with Crippen LogP contribution in [0.3, 0.4) is 0 Å². The smallest absolute Gasteiger partial charge is 0.160 e. The Balaban J connectivity index is 2.18. The summed E-state index contributed by atoms with van der Waals surface area (Å²) in [5.41, 5.74) is 0. The fourth-order valence-corrected chi connectivity index (χ4v) is 2.74. The molecule has 1 fully saturated rings. The first kappa shape index (κ1) is 10.6. The molecule has 2 atom stereocenters. The van der Waals surface area contributed by atoms with Gasteiger partial charge in [-0.1, -0.05) is 0 Å². The number of anilines is 1. The Morgan fingerprint density at radius 2 is 2.33 bits per heavy atom. The van der Waals surface area contributed by atoms with E-state index in [1.165, 1.54) is 5.00 Å². The van der Waals surface area contributed by atoms with E-state index in [9.17, 15) is 4.79 Å². The van der Waals surface area contributed by atoms with Crippen LogP contribution in [0.1, 0.15) is 23.5 Å². The molecule has 3 nitrogen and oxygen atoms in total. The minimum Gasteiger partial charge on any atom is -0.375 e. The van der Waals surface area contributed by atoms with Crippen LogP contribution in [0.5, 0.6) is 0 Å². The fourth-order valence-electron chi connectivity index (χ4n) is 1.80. The summed E-state index contributed by atoms with van der Waals surface area (Å²) in [6.45, 7) is 5.92. The summed E-state index contributed by atoms with van der Waals surface area (Å²) in [5.74, 6) is 0. The van der Waals surface area contributed by atoms with Gasteiger partial charge in [-0.05, 0) is 26.0 Å². The highest BCUT2D eigenvalue weighted by atomic mass is 32.1. The van der Waals surface area contributed by atoms with Crippen molar-refractivity contribution in [1.82, 2.24) is 0 Å². The van der Waals surface area contributed by atoms with Crippen molar-refractivity contribution in [2.24, 2.45) is 0 Å². The number of nitrogens with zero attached hydrogens (tertiary/aromatic N) is 1. The molecular formula is C11H15NO2S. The van der Waals surface area contributed by atoms with Gasteiger partial charge in [-0.2, -0.15) is 0 Å². The number of ether oxygens (including phenoxy) is 1. The molecule has 0 radical (unpaired) electrons. The maximum atomic E-state index is 10.6. The van der Waals surface area contributed by atoms with Crippen LogP contribution in [0.4, 0.5) is 5.00 Å². The summed E-state index contributed by atoms with van der Waals surface area (Å²) in [4.78, 5) is 13.7. The lowest BCUT2D eigenvalue weighted by Gasteiger charge is -2.38. The third kappa shape index (κ3) is 2.06. The summed E-state index contributed by atoms with van der Waals surface area (Å²) >= 11 is 1.55. The van der Waals surface area contributed by atoms with E-state index in [2.05, 4.69) is 18.7 Å². The Morgan fingerprint density at radius 3 is 3.00 bits per heavy atom. The minimum absolute atomic E-state index is 0.250. The quantitative estimate of drug-likeness (QED) is 0.722.